The number of rotatable bonds is 6. The summed E-state index contributed by atoms with van der Waals surface area (Å²) in [5.74, 6) is -1.60. The van der Waals surface area contributed by atoms with Crippen molar-refractivity contribution >= 4 is 29.6 Å². The van der Waals surface area contributed by atoms with Gasteiger partial charge in [0.1, 0.15) is 6.04 Å². The molecule has 1 aromatic carbocycles. The highest BCUT2D eigenvalue weighted by Gasteiger charge is 2.30. The summed E-state index contributed by atoms with van der Waals surface area (Å²) < 4.78 is 4.99. The fourth-order valence-electron chi connectivity index (χ4n) is 2.34. The summed E-state index contributed by atoms with van der Waals surface area (Å²) in [6, 6.07) is 6.77. The first-order chi connectivity index (χ1) is 12.4. The summed E-state index contributed by atoms with van der Waals surface area (Å²) in [6.07, 6.45) is 0. The first-order valence-corrected chi connectivity index (χ1v) is 8.26. The highest BCUT2D eigenvalue weighted by molar-refractivity contribution is 5.97. The lowest BCUT2D eigenvalue weighted by atomic mass is 10.1. The molecule has 1 aliphatic rings. The molecule has 0 aliphatic carbocycles. The average molecular weight is 362 g/mol. The van der Waals surface area contributed by atoms with Gasteiger partial charge in [-0.05, 0) is 18.1 Å². The van der Waals surface area contributed by atoms with E-state index in [-0.39, 0.29) is 12.5 Å². The van der Waals surface area contributed by atoms with Crippen molar-refractivity contribution in [3.05, 3.63) is 30.3 Å². The standard InChI is InChI=1S/C17H22N4O5/c1-11(2)14(20-16(24)19-12-6-4-3-5-7-12)15(23)26-10-13(22)21-9-8-18-17(21)25/h3-7,11,14H,8-10H2,1-2H3,(H,18,25)(H2,19,20,24)/t14-/m0/s1. The average Bonchev–Trinajstić information content (AvgIpc) is 3.04. The van der Waals surface area contributed by atoms with Gasteiger partial charge in [-0.15, -0.1) is 0 Å². The van der Waals surface area contributed by atoms with E-state index in [1.807, 2.05) is 6.07 Å². The van der Waals surface area contributed by atoms with Crippen molar-refractivity contribution in [3.63, 3.8) is 0 Å². The van der Waals surface area contributed by atoms with E-state index < -0.39 is 36.6 Å². The number of nitrogens with zero attached hydrogens (tertiary/aromatic N) is 1. The molecule has 0 spiro atoms. The number of ether oxygens (including phenoxy) is 1. The second-order valence-electron chi connectivity index (χ2n) is 6.07. The minimum atomic E-state index is -0.932. The van der Waals surface area contributed by atoms with Crippen molar-refractivity contribution in [3.8, 4) is 0 Å². The molecule has 0 bridgehead atoms. The number of benzene rings is 1. The van der Waals surface area contributed by atoms with E-state index in [2.05, 4.69) is 16.0 Å². The van der Waals surface area contributed by atoms with Crippen LogP contribution in [-0.4, -0.2) is 54.6 Å². The van der Waals surface area contributed by atoms with Crippen molar-refractivity contribution in [2.75, 3.05) is 25.0 Å². The lowest BCUT2D eigenvalue weighted by Crippen LogP contribution is -2.48. The van der Waals surface area contributed by atoms with Gasteiger partial charge >= 0.3 is 18.0 Å². The number of urea groups is 2. The SMILES string of the molecule is CC(C)[C@H](NC(=O)Nc1ccccc1)C(=O)OCC(=O)N1CCNC1=O. The first kappa shape index (κ1) is 19.2. The predicted octanol–water partition coefficient (Wildman–Crippen LogP) is 0.928. The summed E-state index contributed by atoms with van der Waals surface area (Å²) in [5.41, 5.74) is 0.580. The molecule has 9 nitrogen and oxygen atoms in total. The van der Waals surface area contributed by atoms with Gasteiger partial charge in [0.25, 0.3) is 5.91 Å². The molecular formula is C17H22N4O5. The summed E-state index contributed by atoms with van der Waals surface area (Å²) in [5, 5.41) is 7.64. The number of anilines is 1. The van der Waals surface area contributed by atoms with Crippen molar-refractivity contribution in [1.29, 1.82) is 0 Å². The fourth-order valence-corrected chi connectivity index (χ4v) is 2.34. The molecule has 0 saturated carbocycles. The molecule has 1 aromatic rings. The van der Waals surface area contributed by atoms with Crippen molar-refractivity contribution in [1.82, 2.24) is 15.5 Å². The Morgan fingerprint density at radius 2 is 1.92 bits per heavy atom. The number of carbonyl (C=O) groups is 4. The van der Waals surface area contributed by atoms with Crippen LogP contribution in [0.2, 0.25) is 0 Å². The Balaban J connectivity index is 1.87. The smallest absolute Gasteiger partial charge is 0.329 e. The Morgan fingerprint density at radius 1 is 1.23 bits per heavy atom. The number of amides is 5. The minimum Gasteiger partial charge on any atom is -0.454 e. The normalized spacial score (nSPS) is 14.6. The Kier molecular flexibility index (Phi) is 6.54. The third kappa shape index (κ3) is 5.20. The van der Waals surface area contributed by atoms with Gasteiger partial charge in [-0.25, -0.2) is 14.4 Å². The number of carbonyl (C=O) groups excluding carboxylic acids is 4. The maximum Gasteiger partial charge on any atom is 0.329 e. The third-order valence-corrected chi connectivity index (χ3v) is 3.73. The van der Waals surface area contributed by atoms with Gasteiger partial charge in [0.15, 0.2) is 6.61 Å². The van der Waals surface area contributed by atoms with Gasteiger partial charge in [0.05, 0.1) is 0 Å². The molecule has 5 amide bonds. The van der Waals surface area contributed by atoms with Gasteiger partial charge in [0, 0.05) is 18.8 Å². The minimum absolute atomic E-state index is 0.237. The van der Waals surface area contributed by atoms with Crippen LogP contribution in [0.15, 0.2) is 30.3 Å². The second kappa shape index (κ2) is 8.84. The number of hydrogen-bond acceptors (Lipinski definition) is 5. The number of nitrogens with one attached hydrogen (secondary N) is 3. The Bertz CT molecular complexity index is 677. The zero-order valence-electron chi connectivity index (χ0n) is 14.7. The maximum absolute atomic E-state index is 12.2. The van der Waals surface area contributed by atoms with Crippen molar-refractivity contribution in [2.24, 2.45) is 5.92 Å². The lowest BCUT2D eigenvalue weighted by molar-refractivity contribution is -0.153. The molecule has 1 saturated heterocycles. The molecule has 1 fully saturated rings. The Labute approximate surface area is 151 Å². The third-order valence-electron chi connectivity index (χ3n) is 3.73. The molecule has 1 heterocycles. The van der Waals surface area contributed by atoms with Crippen molar-refractivity contribution in [2.45, 2.75) is 19.9 Å². The molecule has 0 unspecified atom stereocenters. The largest absolute Gasteiger partial charge is 0.454 e. The molecule has 26 heavy (non-hydrogen) atoms. The summed E-state index contributed by atoms with van der Waals surface area (Å²) in [6.45, 7) is 3.53. The Morgan fingerprint density at radius 3 is 2.50 bits per heavy atom. The van der Waals surface area contributed by atoms with Crippen LogP contribution in [-0.2, 0) is 14.3 Å². The topological polar surface area (TPSA) is 117 Å². The quantitative estimate of drug-likeness (QED) is 0.651. The van der Waals surface area contributed by atoms with E-state index >= 15 is 0 Å². The molecule has 9 heteroatoms. The van der Waals surface area contributed by atoms with Crippen LogP contribution >= 0.6 is 0 Å². The summed E-state index contributed by atoms with van der Waals surface area (Å²) >= 11 is 0. The zero-order chi connectivity index (χ0) is 19.1. The highest BCUT2D eigenvalue weighted by Crippen LogP contribution is 2.08. The monoisotopic (exact) mass is 362 g/mol. The van der Waals surface area contributed by atoms with Crippen molar-refractivity contribution < 1.29 is 23.9 Å². The molecule has 1 atom stereocenters. The van der Waals surface area contributed by atoms with Gasteiger partial charge in [-0.3, -0.25) is 9.69 Å². The predicted molar refractivity (Wildman–Crippen MR) is 93.3 cm³/mol. The van der Waals surface area contributed by atoms with Crippen LogP contribution in [0.4, 0.5) is 15.3 Å². The van der Waals surface area contributed by atoms with Crippen LogP contribution in [0.3, 0.4) is 0 Å². The van der Waals surface area contributed by atoms with Gasteiger partial charge in [-0.1, -0.05) is 32.0 Å². The first-order valence-electron chi connectivity index (χ1n) is 8.26. The molecule has 140 valence electrons. The van der Waals surface area contributed by atoms with Gasteiger partial charge in [0.2, 0.25) is 0 Å². The zero-order valence-corrected chi connectivity index (χ0v) is 14.7. The number of hydrogen-bond donors (Lipinski definition) is 3. The highest BCUT2D eigenvalue weighted by atomic mass is 16.5. The van der Waals surface area contributed by atoms with E-state index in [0.29, 0.717) is 12.2 Å². The van der Waals surface area contributed by atoms with Crippen LogP contribution in [0, 0.1) is 5.92 Å². The Hall–Kier alpha value is -3.10. The van der Waals surface area contributed by atoms with E-state index in [4.69, 9.17) is 4.74 Å². The molecule has 0 radical (unpaired) electrons. The number of para-hydroxylation sites is 1. The fraction of sp³-hybridized carbons (Fsp3) is 0.412. The molecular weight excluding hydrogens is 340 g/mol. The van der Waals surface area contributed by atoms with E-state index in [1.54, 1.807) is 38.1 Å². The molecule has 3 N–H and O–H groups in total. The van der Waals surface area contributed by atoms with E-state index in [9.17, 15) is 19.2 Å². The lowest BCUT2D eigenvalue weighted by Gasteiger charge is -2.21. The van der Waals surface area contributed by atoms with Gasteiger partial charge < -0.3 is 20.7 Å². The van der Waals surface area contributed by atoms with Gasteiger partial charge in [-0.2, -0.15) is 0 Å². The molecule has 1 aliphatic heterocycles. The van der Waals surface area contributed by atoms with Crippen LogP contribution in [0.25, 0.3) is 0 Å². The number of esters is 1. The van der Waals surface area contributed by atoms with Crippen LogP contribution < -0.4 is 16.0 Å². The van der Waals surface area contributed by atoms with Crippen LogP contribution in [0.5, 0.6) is 0 Å². The second-order valence-corrected chi connectivity index (χ2v) is 6.07. The van der Waals surface area contributed by atoms with E-state index in [1.165, 1.54) is 0 Å². The number of imide groups is 1. The maximum atomic E-state index is 12.2. The van der Waals surface area contributed by atoms with E-state index in [0.717, 1.165) is 4.90 Å². The molecule has 0 aromatic heterocycles. The van der Waals surface area contributed by atoms with Crippen LogP contribution in [0.1, 0.15) is 13.8 Å². The summed E-state index contributed by atoms with van der Waals surface area (Å²) in [4.78, 5) is 48.6. The summed E-state index contributed by atoms with van der Waals surface area (Å²) in [7, 11) is 0. The molecule has 2 rings (SSSR count).